The first-order valence-electron chi connectivity index (χ1n) is 7.93. The van der Waals surface area contributed by atoms with E-state index < -0.39 is 25.0 Å². The Morgan fingerprint density at radius 1 is 1.60 bits per heavy atom. The van der Waals surface area contributed by atoms with Crippen LogP contribution in [0.15, 0.2) is 30.3 Å². The number of hydrogen-bond acceptors (Lipinski definition) is 2. The summed E-state index contributed by atoms with van der Waals surface area (Å²) in [5.41, 5.74) is 0.834. The largest absolute Gasteiger partial charge is 0.298 e. The van der Waals surface area contributed by atoms with Crippen LogP contribution < -0.4 is 0 Å². The molecule has 0 N–H and O–H groups in total. The maximum atomic E-state index is 12.3. The lowest BCUT2D eigenvalue weighted by molar-refractivity contribution is -0.126. The summed E-state index contributed by atoms with van der Waals surface area (Å²) in [5, 5.41) is 0. The molecule has 2 rings (SSSR count). The third-order valence-electron chi connectivity index (χ3n) is 2.38. The number of carbonyl (C=O) groups excluding carboxylic acids is 1. The Morgan fingerprint density at radius 3 is 3.13 bits per heavy atom. The Kier molecular flexibility index (Phi) is 1.61. The molecule has 1 atom stereocenters. The third-order valence-corrected chi connectivity index (χ3v) is 2.38. The number of carbonyl (C=O) groups is 1. The van der Waals surface area contributed by atoms with E-state index in [0.717, 1.165) is 5.56 Å². The summed E-state index contributed by atoms with van der Waals surface area (Å²) >= 11 is 0. The van der Waals surface area contributed by atoms with Gasteiger partial charge in [-0.3, -0.25) is 9.69 Å². The molecule has 1 saturated heterocycles. The molecule has 0 amide bonds. The van der Waals surface area contributed by atoms with Crippen LogP contribution in [-0.2, 0) is 11.3 Å². The molecule has 15 heavy (non-hydrogen) atoms. The van der Waals surface area contributed by atoms with Crippen LogP contribution in [0.4, 0.5) is 0 Å². The normalized spacial score (nSPS) is 38.0. The van der Waals surface area contributed by atoms with E-state index in [1.165, 1.54) is 4.90 Å². The molecule has 0 spiro atoms. The molecule has 2 heteroatoms. The highest BCUT2D eigenvalue weighted by molar-refractivity contribution is 5.83. The van der Waals surface area contributed by atoms with Crippen molar-refractivity contribution in [2.75, 3.05) is 13.0 Å². The highest BCUT2D eigenvalue weighted by Gasteiger charge is 2.22. The monoisotopic (exact) mass is 209 g/mol. The molecular formula is C13H17NO. The smallest absolute Gasteiger partial charge is 0.149 e. The summed E-state index contributed by atoms with van der Waals surface area (Å²) in [5.74, 6) is -3.55. The minimum absolute atomic E-state index is 0.0511. The van der Waals surface area contributed by atoms with Crippen LogP contribution in [0.25, 0.3) is 0 Å². The van der Waals surface area contributed by atoms with Gasteiger partial charge >= 0.3 is 0 Å². The number of benzene rings is 1. The van der Waals surface area contributed by atoms with E-state index in [-0.39, 0.29) is 19.5 Å². The minimum Gasteiger partial charge on any atom is -0.298 e. The molecule has 0 aromatic heterocycles. The number of nitrogens with zero attached hydrogens (tertiary/aromatic N) is 1. The Morgan fingerprint density at radius 2 is 2.40 bits per heavy atom. The molecule has 1 aliphatic rings. The first-order chi connectivity index (χ1) is 9.59. The standard InChI is InChI=1S/C13H17NO/c1-11-7-8-14(10-13(11)15)9-12-5-3-2-4-6-12/h2-6,11H,7-10H2,1H3/i1D3,10D2,11D. The van der Waals surface area contributed by atoms with Gasteiger partial charge in [0.05, 0.1) is 9.24 Å². The molecule has 1 fully saturated rings. The lowest BCUT2D eigenvalue weighted by Crippen LogP contribution is -2.39. The Labute approximate surface area is 99.3 Å². The molecule has 0 aliphatic carbocycles. The molecule has 1 aliphatic heterocycles. The summed E-state index contributed by atoms with van der Waals surface area (Å²) in [6, 6.07) is 9.09. The Bertz CT molecular complexity index is 529. The predicted molar refractivity (Wildman–Crippen MR) is 60.5 cm³/mol. The van der Waals surface area contributed by atoms with Crippen molar-refractivity contribution in [2.24, 2.45) is 5.89 Å². The average molecular weight is 209 g/mol. The second-order valence-electron chi connectivity index (χ2n) is 3.58. The molecule has 1 heterocycles. The quantitative estimate of drug-likeness (QED) is 0.743. The van der Waals surface area contributed by atoms with Crippen LogP contribution in [-0.4, -0.2) is 23.7 Å². The van der Waals surface area contributed by atoms with E-state index in [1.807, 2.05) is 30.3 Å². The lowest BCUT2D eigenvalue weighted by Gasteiger charge is -2.29. The molecule has 0 radical (unpaired) electrons. The van der Waals surface area contributed by atoms with E-state index in [9.17, 15) is 4.79 Å². The van der Waals surface area contributed by atoms with Crippen LogP contribution in [0.5, 0.6) is 0 Å². The van der Waals surface area contributed by atoms with E-state index in [1.54, 1.807) is 0 Å². The fraction of sp³-hybridized carbons (Fsp3) is 0.462. The average Bonchev–Trinajstić information content (AvgIpc) is 2.40. The molecule has 1 unspecified atom stereocenters. The minimum atomic E-state index is -2.82. The van der Waals surface area contributed by atoms with Crippen molar-refractivity contribution in [1.29, 1.82) is 0 Å². The molecule has 1 aromatic rings. The zero-order chi connectivity index (χ0) is 15.9. The number of ketones is 1. The van der Waals surface area contributed by atoms with Gasteiger partial charge in [0.25, 0.3) is 0 Å². The second-order valence-corrected chi connectivity index (χ2v) is 3.58. The maximum absolute atomic E-state index is 12.3. The van der Waals surface area contributed by atoms with Gasteiger partial charge in [-0.25, -0.2) is 0 Å². The zero-order valence-corrected chi connectivity index (χ0v) is 8.36. The molecular weight excluding hydrogens is 186 g/mol. The zero-order valence-electron chi connectivity index (χ0n) is 14.4. The summed E-state index contributed by atoms with van der Waals surface area (Å²) in [6.45, 7) is -5.02. The van der Waals surface area contributed by atoms with Crippen LogP contribution in [0.2, 0.25) is 0 Å². The predicted octanol–water partition coefficient (Wildman–Crippen LogP) is 2.10. The van der Waals surface area contributed by atoms with Crippen molar-refractivity contribution in [3.8, 4) is 0 Å². The fourth-order valence-corrected chi connectivity index (χ4v) is 1.55. The number of rotatable bonds is 2. The van der Waals surface area contributed by atoms with Crippen molar-refractivity contribution >= 4 is 5.78 Å². The van der Waals surface area contributed by atoms with Gasteiger partial charge in [-0.2, -0.15) is 0 Å². The SMILES string of the molecule is [2H]C1([2H])C(=O)C([2H])(C([2H])([2H])[2H])CCN1Cc1ccccc1. The van der Waals surface area contributed by atoms with Crippen molar-refractivity contribution in [2.45, 2.75) is 19.8 Å². The van der Waals surface area contributed by atoms with Crippen LogP contribution in [0.3, 0.4) is 0 Å². The molecule has 80 valence electrons. The Balaban J connectivity index is 2.25. The summed E-state index contributed by atoms with van der Waals surface area (Å²) in [4.78, 5) is 13.5. The number of likely N-dealkylation sites (tertiary alicyclic amines) is 1. The summed E-state index contributed by atoms with van der Waals surface area (Å²) in [7, 11) is 0. The van der Waals surface area contributed by atoms with Crippen molar-refractivity contribution in [3.05, 3.63) is 35.9 Å². The van der Waals surface area contributed by atoms with Gasteiger partial charge in [-0.05, 0) is 18.5 Å². The van der Waals surface area contributed by atoms with Gasteiger partial charge < -0.3 is 0 Å². The van der Waals surface area contributed by atoms with Gasteiger partial charge in [0, 0.05) is 17.9 Å². The highest BCUT2D eigenvalue weighted by atomic mass is 16.1. The van der Waals surface area contributed by atoms with Crippen molar-refractivity contribution in [1.82, 2.24) is 4.90 Å². The number of hydrogen-bond donors (Lipinski definition) is 0. The first-order valence-corrected chi connectivity index (χ1v) is 4.93. The van der Waals surface area contributed by atoms with Gasteiger partial charge in [0.1, 0.15) is 5.78 Å². The number of piperidine rings is 1. The highest BCUT2D eigenvalue weighted by Crippen LogP contribution is 2.15. The first kappa shape index (κ1) is 5.26. The van der Waals surface area contributed by atoms with E-state index in [0.29, 0.717) is 0 Å². The molecule has 1 aromatic carbocycles. The Hall–Kier alpha value is -1.15. The van der Waals surface area contributed by atoms with E-state index in [2.05, 4.69) is 0 Å². The lowest BCUT2D eigenvalue weighted by atomic mass is 9.97. The van der Waals surface area contributed by atoms with Crippen LogP contribution in [0, 0.1) is 5.89 Å². The van der Waals surface area contributed by atoms with Crippen molar-refractivity contribution in [3.63, 3.8) is 0 Å². The topological polar surface area (TPSA) is 20.3 Å². The number of Topliss-reactive ketones (excluding diaryl/α,β-unsaturated/α-hetero) is 1. The second kappa shape index (κ2) is 4.58. The van der Waals surface area contributed by atoms with Crippen molar-refractivity contribution < 1.29 is 13.0 Å². The summed E-state index contributed by atoms with van der Waals surface area (Å²) in [6.07, 6.45) is -0.200. The molecule has 0 saturated carbocycles. The van der Waals surface area contributed by atoms with Gasteiger partial charge in [0.15, 0.2) is 0 Å². The van der Waals surface area contributed by atoms with Crippen LogP contribution in [0.1, 0.15) is 27.1 Å². The van der Waals surface area contributed by atoms with E-state index >= 15 is 0 Å². The third kappa shape index (κ3) is 2.66. The van der Waals surface area contributed by atoms with Gasteiger partial charge in [0.2, 0.25) is 0 Å². The summed E-state index contributed by atoms with van der Waals surface area (Å²) < 4.78 is 45.9. The molecule has 0 bridgehead atoms. The van der Waals surface area contributed by atoms with Crippen LogP contribution >= 0.6 is 0 Å². The van der Waals surface area contributed by atoms with Gasteiger partial charge in [-0.1, -0.05) is 37.2 Å². The van der Waals surface area contributed by atoms with E-state index in [4.69, 9.17) is 8.22 Å². The van der Waals surface area contributed by atoms with Gasteiger partial charge in [-0.15, -0.1) is 0 Å². The maximum Gasteiger partial charge on any atom is 0.149 e. The molecule has 2 nitrogen and oxygen atoms in total. The fourth-order valence-electron chi connectivity index (χ4n) is 1.55.